The van der Waals surface area contributed by atoms with Crippen molar-refractivity contribution in [2.75, 3.05) is 5.73 Å². The van der Waals surface area contributed by atoms with E-state index in [1.54, 1.807) is 19.1 Å². The lowest BCUT2D eigenvalue weighted by atomic mass is 10.1. The quantitative estimate of drug-likeness (QED) is 0.404. The van der Waals surface area contributed by atoms with Crippen LogP contribution in [0.3, 0.4) is 0 Å². The Kier molecular flexibility index (Phi) is 6.37. The normalized spacial score (nSPS) is 12.3. The molecule has 0 bridgehead atoms. The highest BCUT2D eigenvalue weighted by molar-refractivity contribution is 6.08. The molecule has 3 N–H and O–H groups in total. The molecule has 0 amide bonds. The minimum absolute atomic E-state index is 0.203. The van der Waals surface area contributed by atoms with Crippen LogP contribution < -0.4 is 5.73 Å². The van der Waals surface area contributed by atoms with Gasteiger partial charge < -0.3 is 20.1 Å². The summed E-state index contributed by atoms with van der Waals surface area (Å²) in [5, 5.41) is 10.9. The molecule has 7 heteroatoms. The number of fused-ring (bicyclic) bond motifs is 3. The van der Waals surface area contributed by atoms with E-state index in [9.17, 15) is 9.90 Å². The van der Waals surface area contributed by atoms with E-state index in [0.717, 1.165) is 41.6 Å². The SMILES string of the molecule is CCCCc1nc2c(N)nc3cc(C(=O)OCc4ccccc4)ccc3c2n1CC(C)O. The molecule has 0 radical (unpaired) electrons. The lowest BCUT2D eigenvalue weighted by Crippen LogP contribution is -2.14. The maximum absolute atomic E-state index is 12.6. The molecule has 166 valence electrons. The van der Waals surface area contributed by atoms with Crippen molar-refractivity contribution in [2.45, 2.75) is 52.4 Å². The fourth-order valence-electron chi connectivity index (χ4n) is 3.88. The minimum atomic E-state index is -0.538. The van der Waals surface area contributed by atoms with Crippen LogP contribution in [0.4, 0.5) is 5.82 Å². The number of imidazole rings is 1. The third-order valence-corrected chi connectivity index (χ3v) is 5.43. The summed E-state index contributed by atoms with van der Waals surface area (Å²) in [4.78, 5) is 21.9. The highest BCUT2D eigenvalue weighted by Gasteiger charge is 2.19. The highest BCUT2D eigenvalue weighted by atomic mass is 16.5. The standard InChI is InChI=1S/C25H28N4O3/c1-3-4-10-21-28-22-23(29(21)14-16(2)30)19-12-11-18(13-20(19)27-24(22)26)25(31)32-15-17-8-6-5-7-9-17/h5-9,11-13,16,30H,3-4,10,14-15H2,1-2H3,(H2,26,27). The molecule has 0 aliphatic rings. The fourth-order valence-corrected chi connectivity index (χ4v) is 3.88. The molecule has 2 aromatic heterocycles. The van der Waals surface area contributed by atoms with Crippen LogP contribution in [0.5, 0.6) is 0 Å². The van der Waals surface area contributed by atoms with E-state index in [1.165, 1.54) is 0 Å². The van der Waals surface area contributed by atoms with Crippen LogP contribution >= 0.6 is 0 Å². The number of unbranched alkanes of at least 4 members (excludes halogenated alkanes) is 1. The van der Waals surface area contributed by atoms with Gasteiger partial charge in [0.1, 0.15) is 17.9 Å². The van der Waals surface area contributed by atoms with Gasteiger partial charge in [0.2, 0.25) is 0 Å². The molecule has 32 heavy (non-hydrogen) atoms. The van der Waals surface area contributed by atoms with E-state index in [-0.39, 0.29) is 6.61 Å². The van der Waals surface area contributed by atoms with Crippen molar-refractivity contribution in [1.29, 1.82) is 0 Å². The summed E-state index contributed by atoms with van der Waals surface area (Å²) in [7, 11) is 0. The second-order valence-corrected chi connectivity index (χ2v) is 8.08. The van der Waals surface area contributed by atoms with Gasteiger partial charge >= 0.3 is 5.97 Å². The first-order chi connectivity index (χ1) is 15.5. The van der Waals surface area contributed by atoms with Crippen molar-refractivity contribution in [2.24, 2.45) is 0 Å². The number of benzene rings is 2. The third-order valence-electron chi connectivity index (χ3n) is 5.43. The van der Waals surface area contributed by atoms with Crippen LogP contribution in [-0.4, -0.2) is 31.7 Å². The Morgan fingerprint density at radius 3 is 2.69 bits per heavy atom. The molecule has 2 aromatic carbocycles. The summed E-state index contributed by atoms with van der Waals surface area (Å²) >= 11 is 0. The number of aliphatic hydroxyl groups excluding tert-OH is 1. The molecule has 0 fully saturated rings. The number of pyridine rings is 1. The van der Waals surface area contributed by atoms with Crippen LogP contribution in [-0.2, 0) is 24.3 Å². The van der Waals surface area contributed by atoms with Crippen LogP contribution in [0.25, 0.3) is 21.9 Å². The number of nitrogens with two attached hydrogens (primary N) is 1. The Balaban J connectivity index is 1.73. The van der Waals surface area contributed by atoms with E-state index in [0.29, 0.717) is 29.0 Å². The Bertz CT molecular complexity index is 1250. The zero-order chi connectivity index (χ0) is 22.7. The largest absolute Gasteiger partial charge is 0.457 e. The number of carbonyl (C=O) groups excluding carboxylic acids is 1. The van der Waals surface area contributed by atoms with E-state index in [2.05, 4.69) is 11.9 Å². The molecular weight excluding hydrogens is 404 g/mol. The summed E-state index contributed by atoms with van der Waals surface area (Å²) < 4.78 is 7.49. The number of aryl methyl sites for hydroxylation is 1. The van der Waals surface area contributed by atoms with Crippen molar-refractivity contribution in [3.8, 4) is 0 Å². The third kappa shape index (κ3) is 4.43. The van der Waals surface area contributed by atoms with Crippen LogP contribution in [0, 0.1) is 0 Å². The molecule has 1 atom stereocenters. The van der Waals surface area contributed by atoms with Gasteiger partial charge in [0.25, 0.3) is 0 Å². The number of carbonyl (C=O) groups is 1. The van der Waals surface area contributed by atoms with Crippen molar-refractivity contribution < 1.29 is 14.6 Å². The van der Waals surface area contributed by atoms with Crippen molar-refractivity contribution >= 4 is 33.7 Å². The molecule has 4 rings (SSSR count). The van der Waals surface area contributed by atoms with Gasteiger partial charge in [-0.1, -0.05) is 43.7 Å². The molecular formula is C25H28N4O3. The molecule has 0 saturated carbocycles. The number of hydrogen-bond donors (Lipinski definition) is 2. The summed E-state index contributed by atoms with van der Waals surface area (Å²) in [6.45, 7) is 4.50. The molecule has 0 aliphatic carbocycles. The Labute approximate surface area is 186 Å². The van der Waals surface area contributed by atoms with E-state index in [4.69, 9.17) is 15.5 Å². The van der Waals surface area contributed by atoms with Crippen LogP contribution in [0.15, 0.2) is 48.5 Å². The Hall–Kier alpha value is -3.45. The molecule has 4 aromatic rings. The fraction of sp³-hybridized carbons (Fsp3) is 0.320. The molecule has 0 aliphatic heterocycles. The number of hydrogen-bond acceptors (Lipinski definition) is 6. The average Bonchev–Trinajstić information content (AvgIpc) is 3.14. The molecule has 1 unspecified atom stereocenters. The van der Waals surface area contributed by atoms with E-state index in [1.807, 2.05) is 41.0 Å². The van der Waals surface area contributed by atoms with Crippen molar-refractivity contribution in [3.05, 3.63) is 65.5 Å². The zero-order valence-corrected chi connectivity index (χ0v) is 18.4. The maximum Gasteiger partial charge on any atom is 0.338 e. The minimum Gasteiger partial charge on any atom is -0.457 e. The number of nitrogens with zero attached hydrogens (tertiary/aromatic N) is 3. The van der Waals surface area contributed by atoms with Gasteiger partial charge in [-0.3, -0.25) is 0 Å². The number of esters is 1. The van der Waals surface area contributed by atoms with Crippen LogP contribution in [0.1, 0.15) is 48.4 Å². The van der Waals surface area contributed by atoms with Crippen LogP contribution in [0.2, 0.25) is 0 Å². The van der Waals surface area contributed by atoms with Gasteiger partial charge in [0.15, 0.2) is 5.82 Å². The van der Waals surface area contributed by atoms with Gasteiger partial charge in [-0.25, -0.2) is 14.8 Å². The monoisotopic (exact) mass is 432 g/mol. The van der Waals surface area contributed by atoms with Crippen molar-refractivity contribution in [3.63, 3.8) is 0 Å². The molecule has 0 spiro atoms. The van der Waals surface area contributed by atoms with E-state index >= 15 is 0 Å². The smallest absolute Gasteiger partial charge is 0.338 e. The van der Waals surface area contributed by atoms with Gasteiger partial charge in [0.05, 0.1) is 29.2 Å². The predicted molar refractivity (Wildman–Crippen MR) is 125 cm³/mol. The lowest BCUT2D eigenvalue weighted by molar-refractivity contribution is 0.0473. The zero-order valence-electron chi connectivity index (χ0n) is 18.4. The molecule has 0 saturated heterocycles. The second kappa shape index (κ2) is 9.36. The summed E-state index contributed by atoms with van der Waals surface area (Å²) in [6.07, 6.45) is 2.29. The van der Waals surface area contributed by atoms with E-state index < -0.39 is 12.1 Å². The topological polar surface area (TPSA) is 103 Å². The summed E-state index contributed by atoms with van der Waals surface area (Å²) in [5.74, 6) is 0.775. The number of aliphatic hydroxyl groups is 1. The second-order valence-electron chi connectivity index (χ2n) is 8.08. The van der Waals surface area contributed by atoms with Crippen molar-refractivity contribution in [1.82, 2.24) is 14.5 Å². The van der Waals surface area contributed by atoms with Gasteiger partial charge in [-0.05, 0) is 37.1 Å². The first-order valence-corrected chi connectivity index (χ1v) is 11.0. The number of rotatable bonds is 8. The molecule has 2 heterocycles. The molecule has 7 nitrogen and oxygen atoms in total. The first-order valence-electron chi connectivity index (χ1n) is 11.0. The van der Waals surface area contributed by atoms with Gasteiger partial charge in [-0.15, -0.1) is 0 Å². The number of ether oxygens (including phenoxy) is 1. The average molecular weight is 433 g/mol. The summed E-state index contributed by atoms with van der Waals surface area (Å²) in [6, 6.07) is 14.8. The number of nitrogen functional groups attached to an aromatic ring is 1. The van der Waals surface area contributed by atoms with Gasteiger partial charge in [-0.2, -0.15) is 0 Å². The summed E-state index contributed by atoms with van der Waals surface area (Å²) in [5.41, 5.74) is 9.65. The number of anilines is 1. The first kappa shape index (κ1) is 21.8. The maximum atomic E-state index is 12.6. The number of aromatic nitrogens is 3. The Morgan fingerprint density at radius 2 is 1.97 bits per heavy atom. The van der Waals surface area contributed by atoms with Gasteiger partial charge in [0, 0.05) is 11.8 Å². The predicted octanol–water partition coefficient (Wildman–Crippen LogP) is 4.25. The Morgan fingerprint density at radius 1 is 1.19 bits per heavy atom. The highest BCUT2D eigenvalue weighted by Crippen LogP contribution is 2.30. The lowest BCUT2D eigenvalue weighted by Gasteiger charge is -2.13.